The molecule has 1 saturated heterocycles. The zero-order chi connectivity index (χ0) is 16.9. The molecule has 0 aromatic heterocycles. The number of nitrogens with zero attached hydrogens (tertiary/aromatic N) is 1. The van der Waals surface area contributed by atoms with Crippen LogP contribution in [-0.2, 0) is 22.7 Å². The van der Waals surface area contributed by atoms with Crippen LogP contribution in [0.3, 0.4) is 0 Å². The summed E-state index contributed by atoms with van der Waals surface area (Å²) in [6.45, 7) is 3.01. The largest absolute Gasteiger partial charge is 0.350 e. The molecule has 0 bridgehead atoms. The van der Waals surface area contributed by atoms with Crippen LogP contribution in [0.1, 0.15) is 29.5 Å². The normalized spacial score (nSPS) is 17.1. The molecule has 1 heterocycles. The number of likely N-dealkylation sites (tertiary alicyclic amines) is 1. The highest BCUT2D eigenvalue weighted by Gasteiger charge is 2.35. The second-order valence-corrected chi connectivity index (χ2v) is 6.27. The number of benzene rings is 2. The van der Waals surface area contributed by atoms with Crippen LogP contribution in [0.2, 0.25) is 0 Å². The van der Waals surface area contributed by atoms with Gasteiger partial charge in [0.05, 0.1) is 0 Å². The summed E-state index contributed by atoms with van der Waals surface area (Å²) in [4.78, 5) is 26.4. The van der Waals surface area contributed by atoms with Gasteiger partial charge in [0.2, 0.25) is 11.8 Å². The number of hydrogen-bond donors (Lipinski definition) is 1. The van der Waals surface area contributed by atoms with E-state index in [0.29, 0.717) is 25.9 Å². The molecule has 0 spiro atoms. The molecule has 1 aliphatic heterocycles. The van der Waals surface area contributed by atoms with E-state index in [4.69, 9.17) is 0 Å². The minimum Gasteiger partial charge on any atom is -0.350 e. The highest BCUT2D eigenvalue weighted by atomic mass is 16.2. The average Bonchev–Trinajstić information content (AvgIpc) is 2.95. The third-order valence-corrected chi connectivity index (χ3v) is 4.38. The fourth-order valence-electron chi connectivity index (χ4n) is 3.11. The summed E-state index contributed by atoms with van der Waals surface area (Å²) in [5, 5.41) is 2.97. The van der Waals surface area contributed by atoms with E-state index >= 15 is 0 Å². The van der Waals surface area contributed by atoms with Crippen molar-refractivity contribution in [1.82, 2.24) is 10.2 Å². The molecular formula is C20H22N2O2. The molecule has 1 atom stereocenters. The van der Waals surface area contributed by atoms with E-state index in [1.807, 2.05) is 55.5 Å². The number of nitrogens with one attached hydrogen (secondary N) is 1. The van der Waals surface area contributed by atoms with E-state index in [0.717, 1.165) is 11.1 Å². The molecule has 124 valence electrons. The molecule has 2 aromatic rings. The Morgan fingerprint density at radius 2 is 1.88 bits per heavy atom. The number of aryl methyl sites for hydroxylation is 1. The Bertz CT molecular complexity index is 727. The lowest BCUT2D eigenvalue weighted by Gasteiger charge is -2.24. The molecule has 0 radical (unpaired) electrons. The van der Waals surface area contributed by atoms with Gasteiger partial charge in [-0.3, -0.25) is 9.59 Å². The van der Waals surface area contributed by atoms with Gasteiger partial charge in [-0.2, -0.15) is 0 Å². The zero-order valence-electron chi connectivity index (χ0n) is 13.9. The van der Waals surface area contributed by atoms with E-state index in [-0.39, 0.29) is 17.9 Å². The first-order valence-corrected chi connectivity index (χ1v) is 8.30. The summed E-state index contributed by atoms with van der Waals surface area (Å²) >= 11 is 0. The monoisotopic (exact) mass is 322 g/mol. The van der Waals surface area contributed by atoms with Gasteiger partial charge in [-0.25, -0.2) is 0 Å². The van der Waals surface area contributed by atoms with Crippen molar-refractivity contribution in [2.24, 2.45) is 0 Å². The van der Waals surface area contributed by atoms with Crippen LogP contribution in [0.15, 0.2) is 54.6 Å². The Balaban J connectivity index is 1.63. The molecule has 0 saturated carbocycles. The minimum absolute atomic E-state index is 0.0505. The van der Waals surface area contributed by atoms with Gasteiger partial charge in [-0.1, -0.05) is 60.2 Å². The smallest absolute Gasteiger partial charge is 0.243 e. The molecule has 4 heteroatoms. The van der Waals surface area contributed by atoms with Crippen LogP contribution < -0.4 is 5.32 Å². The molecule has 1 N–H and O–H groups in total. The predicted octanol–water partition coefficient (Wildman–Crippen LogP) is 2.80. The summed E-state index contributed by atoms with van der Waals surface area (Å²) in [7, 11) is 0. The van der Waals surface area contributed by atoms with Gasteiger partial charge in [0.1, 0.15) is 6.04 Å². The zero-order valence-corrected chi connectivity index (χ0v) is 13.9. The van der Waals surface area contributed by atoms with Crippen molar-refractivity contribution < 1.29 is 9.59 Å². The molecule has 2 amide bonds. The van der Waals surface area contributed by atoms with Crippen LogP contribution in [-0.4, -0.2) is 22.8 Å². The van der Waals surface area contributed by atoms with Crippen molar-refractivity contribution in [1.29, 1.82) is 0 Å². The highest BCUT2D eigenvalue weighted by Crippen LogP contribution is 2.21. The van der Waals surface area contributed by atoms with Crippen molar-refractivity contribution in [3.63, 3.8) is 0 Å². The SMILES string of the molecule is Cc1cccc(CNC(=O)C2CCC(=O)N2Cc2ccccc2)c1. The summed E-state index contributed by atoms with van der Waals surface area (Å²) in [6.07, 6.45) is 1.03. The minimum atomic E-state index is -0.373. The molecule has 1 unspecified atom stereocenters. The molecule has 24 heavy (non-hydrogen) atoms. The van der Waals surface area contributed by atoms with E-state index in [1.165, 1.54) is 5.56 Å². The van der Waals surface area contributed by atoms with Gasteiger partial charge in [0, 0.05) is 19.5 Å². The maximum absolute atomic E-state index is 12.5. The number of carbonyl (C=O) groups is 2. The Hall–Kier alpha value is -2.62. The predicted molar refractivity (Wildman–Crippen MR) is 93.0 cm³/mol. The van der Waals surface area contributed by atoms with Gasteiger partial charge in [-0.15, -0.1) is 0 Å². The van der Waals surface area contributed by atoms with Gasteiger partial charge in [0.25, 0.3) is 0 Å². The molecule has 0 aliphatic carbocycles. The van der Waals surface area contributed by atoms with Crippen LogP contribution >= 0.6 is 0 Å². The quantitative estimate of drug-likeness (QED) is 0.920. The van der Waals surface area contributed by atoms with Crippen molar-refractivity contribution in [2.45, 2.75) is 38.9 Å². The van der Waals surface area contributed by atoms with E-state index in [1.54, 1.807) is 4.90 Å². The highest BCUT2D eigenvalue weighted by molar-refractivity contribution is 5.90. The number of amides is 2. The first-order valence-electron chi connectivity index (χ1n) is 8.30. The maximum Gasteiger partial charge on any atom is 0.243 e. The summed E-state index contributed by atoms with van der Waals surface area (Å²) in [5.74, 6) is -0.0205. The molecule has 1 fully saturated rings. The Labute approximate surface area is 142 Å². The van der Waals surface area contributed by atoms with Gasteiger partial charge in [0.15, 0.2) is 0 Å². The molecule has 2 aromatic carbocycles. The van der Waals surface area contributed by atoms with Crippen LogP contribution in [0.4, 0.5) is 0 Å². The molecule has 3 rings (SSSR count). The lowest BCUT2D eigenvalue weighted by molar-refractivity contribution is -0.135. The van der Waals surface area contributed by atoms with Crippen LogP contribution in [0.5, 0.6) is 0 Å². The van der Waals surface area contributed by atoms with Gasteiger partial charge < -0.3 is 10.2 Å². The number of rotatable bonds is 5. The molecule has 1 aliphatic rings. The molecular weight excluding hydrogens is 300 g/mol. The Morgan fingerprint density at radius 1 is 1.12 bits per heavy atom. The first kappa shape index (κ1) is 16.2. The second-order valence-electron chi connectivity index (χ2n) is 6.27. The van der Waals surface area contributed by atoms with Gasteiger partial charge in [-0.05, 0) is 24.5 Å². The van der Waals surface area contributed by atoms with Crippen LogP contribution in [0, 0.1) is 6.92 Å². The fraction of sp³-hybridized carbons (Fsp3) is 0.300. The first-order chi connectivity index (χ1) is 11.6. The average molecular weight is 322 g/mol. The van der Waals surface area contributed by atoms with Crippen molar-refractivity contribution in [2.75, 3.05) is 0 Å². The topological polar surface area (TPSA) is 49.4 Å². The van der Waals surface area contributed by atoms with Gasteiger partial charge >= 0.3 is 0 Å². The van der Waals surface area contributed by atoms with Crippen molar-refractivity contribution in [3.05, 3.63) is 71.3 Å². The fourth-order valence-corrected chi connectivity index (χ4v) is 3.11. The third kappa shape index (κ3) is 3.82. The summed E-state index contributed by atoms with van der Waals surface area (Å²) < 4.78 is 0. The third-order valence-electron chi connectivity index (χ3n) is 4.38. The van der Waals surface area contributed by atoms with E-state index in [9.17, 15) is 9.59 Å². The maximum atomic E-state index is 12.5. The number of hydrogen-bond acceptors (Lipinski definition) is 2. The number of carbonyl (C=O) groups excluding carboxylic acids is 2. The van der Waals surface area contributed by atoms with Crippen LogP contribution in [0.25, 0.3) is 0 Å². The van der Waals surface area contributed by atoms with Crippen molar-refractivity contribution in [3.8, 4) is 0 Å². The standard InChI is InChI=1S/C20H22N2O2/c1-15-6-5-9-17(12-15)13-21-20(24)18-10-11-19(23)22(18)14-16-7-3-2-4-8-16/h2-9,12,18H,10-11,13-14H2,1H3,(H,21,24). The summed E-state index contributed by atoms with van der Waals surface area (Å²) in [6, 6.07) is 17.5. The summed E-state index contributed by atoms with van der Waals surface area (Å²) in [5.41, 5.74) is 3.29. The van der Waals surface area contributed by atoms with Crippen molar-refractivity contribution >= 4 is 11.8 Å². The van der Waals surface area contributed by atoms with E-state index in [2.05, 4.69) is 11.4 Å². The second kappa shape index (κ2) is 7.30. The van der Waals surface area contributed by atoms with E-state index < -0.39 is 0 Å². The lowest BCUT2D eigenvalue weighted by Crippen LogP contribution is -2.44. The Kier molecular flexibility index (Phi) is 4.94. The lowest BCUT2D eigenvalue weighted by atomic mass is 10.1. The molecule has 4 nitrogen and oxygen atoms in total. The Morgan fingerprint density at radius 3 is 2.62 bits per heavy atom.